The molecule has 3 N–H and O–H groups in total. The molecule has 15 heavy (non-hydrogen) atoms. The average molecular weight is 235 g/mol. The van der Waals surface area contributed by atoms with E-state index in [2.05, 4.69) is 11.9 Å². The summed E-state index contributed by atoms with van der Waals surface area (Å²) < 4.78 is 29.4. The minimum absolute atomic E-state index is 0.0493. The molecule has 8 heteroatoms. The second-order valence-electron chi connectivity index (χ2n) is 2.32. The minimum Gasteiger partial charge on any atom is -0.477 e. The summed E-state index contributed by atoms with van der Waals surface area (Å²) in [6.07, 6.45) is 1.60. The van der Waals surface area contributed by atoms with Crippen molar-refractivity contribution in [1.82, 2.24) is 5.32 Å². The van der Waals surface area contributed by atoms with E-state index in [9.17, 15) is 18.0 Å². The highest BCUT2D eigenvalue weighted by molar-refractivity contribution is 7.90. The van der Waals surface area contributed by atoms with Crippen LogP contribution in [0.2, 0.25) is 0 Å². The summed E-state index contributed by atoms with van der Waals surface area (Å²) in [5, 5.41) is 10.5. The maximum absolute atomic E-state index is 10.9. The van der Waals surface area contributed by atoms with E-state index in [1.807, 2.05) is 0 Å². The van der Waals surface area contributed by atoms with Gasteiger partial charge < -0.3 is 10.4 Å². The van der Waals surface area contributed by atoms with E-state index in [0.29, 0.717) is 0 Å². The number of carboxylic acid groups (broad SMARTS) is 1. The molecule has 0 aromatic heterocycles. The number of hydrogen-bond donors (Lipinski definition) is 3. The zero-order valence-corrected chi connectivity index (χ0v) is 8.32. The number of nitrogens with one attached hydrogen (secondary N) is 1. The Balaban J connectivity index is 4.95. The predicted molar refractivity (Wildman–Crippen MR) is 50.5 cm³/mol. The normalized spacial score (nSPS) is 11.9. The molecule has 0 aromatic carbocycles. The van der Waals surface area contributed by atoms with Crippen LogP contribution in [0.25, 0.3) is 0 Å². The fourth-order valence-electron chi connectivity index (χ4n) is 0.589. The molecule has 0 heterocycles. The highest BCUT2D eigenvalue weighted by Gasteiger charge is 2.23. The number of aliphatic carboxylic acids is 1. The van der Waals surface area contributed by atoms with Crippen LogP contribution in [0.5, 0.6) is 0 Å². The number of hydrogen-bond acceptors (Lipinski definition) is 4. The van der Waals surface area contributed by atoms with Gasteiger partial charge in [-0.3, -0.25) is 9.35 Å². The van der Waals surface area contributed by atoms with Crippen LogP contribution in [0.4, 0.5) is 0 Å². The Morgan fingerprint density at radius 1 is 1.40 bits per heavy atom. The van der Waals surface area contributed by atoms with Gasteiger partial charge in [-0.25, -0.2) is 4.79 Å². The van der Waals surface area contributed by atoms with E-state index in [1.54, 1.807) is 0 Å². The van der Waals surface area contributed by atoms with Crippen molar-refractivity contribution < 1.29 is 27.7 Å². The van der Waals surface area contributed by atoms with Crippen LogP contribution >= 0.6 is 0 Å². The molecule has 0 rings (SSSR count). The van der Waals surface area contributed by atoms with Gasteiger partial charge in [-0.2, -0.15) is 8.42 Å². The van der Waals surface area contributed by atoms with Crippen LogP contribution in [-0.2, 0) is 19.7 Å². The summed E-state index contributed by atoms with van der Waals surface area (Å²) in [5.41, 5.74) is 0. The topological polar surface area (TPSA) is 121 Å². The van der Waals surface area contributed by atoms with E-state index in [4.69, 9.17) is 9.66 Å². The number of rotatable bonds is 5. The Morgan fingerprint density at radius 2 is 1.93 bits per heavy atom. The molecule has 0 bridgehead atoms. The highest BCUT2D eigenvalue weighted by Crippen LogP contribution is 2.03. The van der Waals surface area contributed by atoms with Crippen LogP contribution in [0.15, 0.2) is 23.6 Å². The lowest BCUT2D eigenvalue weighted by Crippen LogP contribution is -2.23. The third kappa shape index (κ3) is 4.93. The Kier molecular flexibility index (Phi) is 4.68. The molecule has 0 aliphatic rings. The van der Waals surface area contributed by atoms with Crippen molar-refractivity contribution in [3.63, 3.8) is 0 Å². The van der Waals surface area contributed by atoms with Crippen LogP contribution in [0.3, 0.4) is 0 Å². The Bertz CT molecular complexity index is 407. The first-order chi connectivity index (χ1) is 6.79. The van der Waals surface area contributed by atoms with Gasteiger partial charge in [0, 0.05) is 12.6 Å². The number of amides is 1. The van der Waals surface area contributed by atoms with Crippen molar-refractivity contribution in [3.05, 3.63) is 23.6 Å². The van der Waals surface area contributed by atoms with Crippen molar-refractivity contribution in [2.45, 2.75) is 0 Å². The Labute approximate surface area is 85.8 Å². The van der Waals surface area contributed by atoms with Gasteiger partial charge in [-0.15, -0.1) is 6.58 Å². The van der Waals surface area contributed by atoms with Gasteiger partial charge in [0.2, 0.25) is 5.91 Å². The van der Waals surface area contributed by atoms with E-state index < -0.39 is 26.9 Å². The quantitative estimate of drug-likeness (QED) is 0.324. The minimum atomic E-state index is -4.91. The molecule has 0 fully saturated rings. The zero-order valence-electron chi connectivity index (χ0n) is 7.50. The Hall–Kier alpha value is -1.67. The predicted octanol–water partition coefficient (Wildman–Crippen LogP) is -0.855. The van der Waals surface area contributed by atoms with Gasteiger partial charge in [-0.1, -0.05) is 6.08 Å². The lowest BCUT2D eigenvalue weighted by Gasteiger charge is -1.99. The van der Waals surface area contributed by atoms with Crippen LogP contribution < -0.4 is 5.32 Å². The standard InChI is InChI=1S/C7H9NO6S/c1-2-3-8-6(9)4-5(7(10)11)15(12,13)14/h2,4H,1,3H2,(H,8,9)(H,10,11)(H,12,13,14). The molecule has 0 aliphatic heterocycles. The lowest BCUT2D eigenvalue weighted by atomic mass is 10.4. The van der Waals surface area contributed by atoms with Gasteiger partial charge in [0.05, 0.1) is 0 Å². The molecule has 0 spiro atoms. The molecule has 0 unspecified atom stereocenters. The first-order valence-corrected chi connectivity index (χ1v) is 5.04. The molecule has 0 aromatic rings. The number of carbonyl (C=O) groups is 2. The van der Waals surface area contributed by atoms with Gasteiger partial charge in [0.25, 0.3) is 0 Å². The first kappa shape index (κ1) is 13.3. The zero-order chi connectivity index (χ0) is 12.1. The fraction of sp³-hybridized carbons (Fsp3) is 0.143. The van der Waals surface area contributed by atoms with E-state index >= 15 is 0 Å². The molecule has 7 nitrogen and oxygen atoms in total. The van der Waals surface area contributed by atoms with Crippen LogP contribution in [-0.4, -0.2) is 36.5 Å². The first-order valence-electron chi connectivity index (χ1n) is 3.60. The molecule has 0 radical (unpaired) electrons. The summed E-state index contributed by atoms with van der Waals surface area (Å²) in [4.78, 5) is 19.9. The molecule has 0 saturated carbocycles. The summed E-state index contributed by atoms with van der Waals surface area (Å²) in [5.74, 6) is -2.86. The summed E-state index contributed by atoms with van der Waals surface area (Å²) >= 11 is 0. The largest absolute Gasteiger partial charge is 0.477 e. The van der Waals surface area contributed by atoms with Gasteiger partial charge >= 0.3 is 16.1 Å². The number of carbonyl (C=O) groups excluding carboxylic acids is 1. The smallest absolute Gasteiger partial charge is 0.350 e. The molecular formula is C7H9NO6S. The van der Waals surface area contributed by atoms with Crippen molar-refractivity contribution in [1.29, 1.82) is 0 Å². The molecule has 0 saturated heterocycles. The monoisotopic (exact) mass is 235 g/mol. The second-order valence-corrected chi connectivity index (χ2v) is 3.71. The lowest BCUT2D eigenvalue weighted by molar-refractivity contribution is -0.132. The third-order valence-corrected chi connectivity index (χ3v) is 2.02. The SMILES string of the molecule is C=CCNC(=O)C=C(C(=O)O)S(=O)(=O)O. The third-order valence-electron chi connectivity index (χ3n) is 1.17. The molecule has 0 aliphatic carbocycles. The number of carboxylic acids is 1. The highest BCUT2D eigenvalue weighted by atomic mass is 32.2. The molecular weight excluding hydrogens is 226 g/mol. The molecule has 84 valence electrons. The van der Waals surface area contributed by atoms with Crippen LogP contribution in [0, 0.1) is 0 Å². The van der Waals surface area contributed by atoms with Crippen molar-refractivity contribution in [2.24, 2.45) is 0 Å². The van der Waals surface area contributed by atoms with Gasteiger partial charge in [-0.05, 0) is 0 Å². The van der Waals surface area contributed by atoms with Crippen LogP contribution in [0.1, 0.15) is 0 Å². The summed E-state index contributed by atoms with van der Waals surface area (Å²) in [6.45, 7) is 3.33. The van der Waals surface area contributed by atoms with Gasteiger partial charge in [0.15, 0.2) is 4.91 Å². The molecule has 1 amide bonds. The van der Waals surface area contributed by atoms with Gasteiger partial charge in [0.1, 0.15) is 0 Å². The second kappa shape index (κ2) is 5.27. The maximum Gasteiger partial charge on any atom is 0.350 e. The van der Waals surface area contributed by atoms with E-state index in [1.165, 1.54) is 6.08 Å². The maximum atomic E-state index is 10.9. The van der Waals surface area contributed by atoms with E-state index in [-0.39, 0.29) is 12.6 Å². The van der Waals surface area contributed by atoms with Crippen molar-refractivity contribution in [3.8, 4) is 0 Å². The molecule has 0 atom stereocenters. The summed E-state index contributed by atoms with van der Waals surface area (Å²) in [7, 11) is -4.91. The average Bonchev–Trinajstić information content (AvgIpc) is 2.08. The summed E-state index contributed by atoms with van der Waals surface area (Å²) in [6, 6.07) is 0. The Morgan fingerprint density at radius 3 is 2.27 bits per heavy atom. The van der Waals surface area contributed by atoms with E-state index in [0.717, 1.165) is 0 Å². The fourth-order valence-corrected chi connectivity index (χ4v) is 1.07. The van der Waals surface area contributed by atoms with Crippen molar-refractivity contribution in [2.75, 3.05) is 6.54 Å². The van der Waals surface area contributed by atoms with Crippen molar-refractivity contribution >= 4 is 22.0 Å².